The molecule has 152 valence electrons. The van der Waals surface area contributed by atoms with Crippen LogP contribution >= 0.6 is 11.3 Å². The van der Waals surface area contributed by atoms with Gasteiger partial charge in [0.15, 0.2) is 0 Å². The molecule has 1 aromatic carbocycles. The van der Waals surface area contributed by atoms with Gasteiger partial charge in [0.2, 0.25) is 5.91 Å². The monoisotopic (exact) mass is 416 g/mol. The lowest BCUT2D eigenvalue weighted by molar-refractivity contribution is -0.121. The van der Waals surface area contributed by atoms with Gasteiger partial charge in [0, 0.05) is 35.3 Å². The molecule has 0 spiro atoms. The number of aryl methyl sites for hydroxylation is 1. The van der Waals surface area contributed by atoms with Gasteiger partial charge >= 0.3 is 0 Å². The molecule has 0 bridgehead atoms. The summed E-state index contributed by atoms with van der Waals surface area (Å²) in [6.45, 7) is 4.74. The van der Waals surface area contributed by atoms with Gasteiger partial charge < -0.3 is 5.32 Å². The van der Waals surface area contributed by atoms with E-state index in [9.17, 15) is 4.79 Å². The van der Waals surface area contributed by atoms with Crippen molar-refractivity contribution >= 4 is 22.9 Å². The molecule has 1 amide bonds. The maximum absolute atomic E-state index is 12.7. The van der Waals surface area contributed by atoms with Gasteiger partial charge in [-0.25, -0.2) is 9.97 Å². The zero-order valence-electron chi connectivity index (χ0n) is 17.0. The summed E-state index contributed by atoms with van der Waals surface area (Å²) in [4.78, 5) is 23.9. The number of hydrogen-bond donors (Lipinski definition) is 1. The highest BCUT2D eigenvalue weighted by atomic mass is 32.1. The summed E-state index contributed by atoms with van der Waals surface area (Å²) in [6, 6.07) is 13.3. The van der Waals surface area contributed by atoms with E-state index in [2.05, 4.69) is 37.4 Å². The molecule has 5 nitrogen and oxygen atoms in total. The van der Waals surface area contributed by atoms with Crippen LogP contribution in [0.1, 0.15) is 34.8 Å². The van der Waals surface area contributed by atoms with Gasteiger partial charge in [-0.15, -0.1) is 11.3 Å². The number of anilines is 1. The first-order valence-electron chi connectivity index (χ1n) is 10.1. The maximum Gasteiger partial charge on any atom is 0.227 e. The van der Waals surface area contributed by atoms with Gasteiger partial charge in [0.1, 0.15) is 5.69 Å². The van der Waals surface area contributed by atoms with Crippen LogP contribution in [0, 0.1) is 24.7 Å². The Morgan fingerprint density at radius 2 is 2.07 bits per heavy atom. The molecule has 1 saturated heterocycles. The van der Waals surface area contributed by atoms with E-state index in [1.54, 1.807) is 17.5 Å². The van der Waals surface area contributed by atoms with Crippen LogP contribution in [-0.2, 0) is 11.3 Å². The van der Waals surface area contributed by atoms with Crippen LogP contribution in [0.3, 0.4) is 0 Å². The average molecular weight is 417 g/mol. The Balaban J connectivity index is 1.31. The quantitative estimate of drug-likeness (QED) is 0.651. The van der Waals surface area contributed by atoms with Gasteiger partial charge in [0.25, 0.3) is 0 Å². The Labute approximate surface area is 181 Å². The molecule has 6 heteroatoms. The standard InChI is InChI=1S/C24H24N4OS/c1-18-26-23(17-30-18)16-28-13-10-20(11-14-28)24(29)27-22-7-4-5-19(15-22)8-9-21-6-2-3-12-25-21/h2-7,12,15,17,20H,10-11,13-14,16H2,1H3,(H,27,29). The minimum atomic E-state index is 0.0432. The van der Waals surface area contributed by atoms with Gasteiger partial charge in [-0.2, -0.15) is 0 Å². The number of carbonyl (C=O) groups excluding carboxylic acids is 1. The molecule has 4 rings (SSSR count). The number of aromatic nitrogens is 2. The molecule has 3 heterocycles. The number of rotatable bonds is 4. The third-order valence-corrected chi connectivity index (χ3v) is 5.96. The molecule has 3 aromatic rings. The van der Waals surface area contributed by atoms with E-state index in [0.717, 1.165) is 60.1 Å². The normalized spacial score (nSPS) is 14.7. The fourth-order valence-electron chi connectivity index (χ4n) is 3.56. The van der Waals surface area contributed by atoms with Gasteiger partial charge in [-0.1, -0.05) is 18.1 Å². The molecular weight excluding hydrogens is 392 g/mol. The van der Waals surface area contributed by atoms with E-state index in [1.807, 2.05) is 49.4 Å². The SMILES string of the molecule is Cc1nc(CN2CCC(C(=O)Nc3cccc(C#Cc4ccccn4)c3)CC2)cs1. The molecule has 0 atom stereocenters. The van der Waals surface area contributed by atoms with Crippen LogP contribution in [-0.4, -0.2) is 33.9 Å². The summed E-state index contributed by atoms with van der Waals surface area (Å²) in [6.07, 6.45) is 3.46. The topological polar surface area (TPSA) is 58.1 Å². The number of carbonyl (C=O) groups is 1. The molecule has 0 aliphatic carbocycles. The minimum Gasteiger partial charge on any atom is -0.326 e. The average Bonchev–Trinajstić information content (AvgIpc) is 3.18. The number of amides is 1. The van der Waals surface area contributed by atoms with Crippen molar-refractivity contribution < 1.29 is 4.79 Å². The molecule has 1 aliphatic rings. The van der Waals surface area contributed by atoms with E-state index in [4.69, 9.17) is 0 Å². The summed E-state index contributed by atoms with van der Waals surface area (Å²) in [5.41, 5.74) is 3.50. The van der Waals surface area contributed by atoms with Crippen LogP contribution in [0.25, 0.3) is 0 Å². The largest absolute Gasteiger partial charge is 0.326 e. The smallest absolute Gasteiger partial charge is 0.227 e. The molecule has 1 aliphatic heterocycles. The third-order valence-electron chi connectivity index (χ3n) is 5.14. The number of nitrogens with one attached hydrogen (secondary N) is 1. The molecule has 2 aromatic heterocycles. The molecule has 0 unspecified atom stereocenters. The van der Waals surface area contributed by atoms with Gasteiger partial charge in [-0.05, 0) is 69.1 Å². The second-order valence-electron chi connectivity index (χ2n) is 7.44. The van der Waals surface area contributed by atoms with Crippen LogP contribution in [0.15, 0.2) is 54.0 Å². The number of nitrogens with zero attached hydrogens (tertiary/aromatic N) is 3. The Morgan fingerprint density at radius 3 is 2.80 bits per heavy atom. The van der Waals surface area contributed by atoms with Crippen molar-refractivity contribution in [1.82, 2.24) is 14.9 Å². The highest BCUT2D eigenvalue weighted by Gasteiger charge is 2.25. The van der Waals surface area contributed by atoms with E-state index < -0.39 is 0 Å². The van der Waals surface area contributed by atoms with Crippen molar-refractivity contribution in [2.45, 2.75) is 26.3 Å². The van der Waals surface area contributed by atoms with Gasteiger partial charge in [-0.3, -0.25) is 9.69 Å². The zero-order chi connectivity index (χ0) is 20.8. The van der Waals surface area contributed by atoms with Gasteiger partial charge in [0.05, 0.1) is 10.7 Å². The number of thiazole rings is 1. The van der Waals surface area contributed by atoms with Crippen molar-refractivity contribution in [3.8, 4) is 11.8 Å². The fraction of sp³-hybridized carbons (Fsp3) is 0.292. The molecule has 0 radical (unpaired) electrons. The van der Waals surface area contributed by atoms with Crippen LogP contribution in [0.4, 0.5) is 5.69 Å². The van der Waals surface area contributed by atoms with Crippen molar-refractivity contribution in [2.75, 3.05) is 18.4 Å². The van der Waals surface area contributed by atoms with Crippen LogP contribution < -0.4 is 5.32 Å². The van der Waals surface area contributed by atoms with Crippen molar-refractivity contribution in [3.05, 3.63) is 76.0 Å². The predicted octanol–water partition coefficient (Wildman–Crippen LogP) is 4.10. The van der Waals surface area contributed by atoms with Crippen molar-refractivity contribution in [2.24, 2.45) is 5.92 Å². The molecular formula is C24H24N4OS. The summed E-state index contributed by atoms with van der Waals surface area (Å²) in [5, 5.41) is 6.29. The highest BCUT2D eigenvalue weighted by Crippen LogP contribution is 2.22. The zero-order valence-corrected chi connectivity index (χ0v) is 17.8. The number of benzene rings is 1. The van der Waals surface area contributed by atoms with E-state index in [0.29, 0.717) is 0 Å². The summed E-state index contributed by atoms with van der Waals surface area (Å²) in [7, 11) is 0. The third kappa shape index (κ3) is 5.53. The second-order valence-corrected chi connectivity index (χ2v) is 8.51. The molecule has 0 saturated carbocycles. The Morgan fingerprint density at radius 1 is 1.20 bits per heavy atom. The Kier molecular flexibility index (Phi) is 6.53. The second kappa shape index (κ2) is 9.66. The lowest BCUT2D eigenvalue weighted by Crippen LogP contribution is -2.37. The number of likely N-dealkylation sites (tertiary alicyclic amines) is 1. The van der Waals surface area contributed by atoms with E-state index in [-0.39, 0.29) is 11.8 Å². The molecule has 30 heavy (non-hydrogen) atoms. The summed E-state index contributed by atoms with van der Waals surface area (Å²) < 4.78 is 0. The predicted molar refractivity (Wildman–Crippen MR) is 120 cm³/mol. The van der Waals surface area contributed by atoms with E-state index in [1.165, 1.54) is 0 Å². The number of hydrogen-bond acceptors (Lipinski definition) is 5. The highest BCUT2D eigenvalue weighted by molar-refractivity contribution is 7.09. The van der Waals surface area contributed by atoms with Crippen molar-refractivity contribution in [3.63, 3.8) is 0 Å². The summed E-state index contributed by atoms with van der Waals surface area (Å²) >= 11 is 1.69. The summed E-state index contributed by atoms with van der Waals surface area (Å²) in [5.74, 6) is 6.29. The first-order valence-corrected chi connectivity index (χ1v) is 11.0. The number of piperidine rings is 1. The van der Waals surface area contributed by atoms with Crippen molar-refractivity contribution in [1.29, 1.82) is 0 Å². The van der Waals surface area contributed by atoms with Crippen LogP contribution in [0.5, 0.6) is 0 Å². The Hall–Kier alpha value is -3.01. The lowest BCUT2D eigenvalue weighted by Gasteiger charge is -2.30. The lowest BCUT2D eigenvalue weighted by atomic mass is 9.95. The van der Waals surface area contributed by atoms with E-state index >= 15 is 0 Å². The minimum absolute atomic E-state index is 0.0432. The first-order chi connectivity index (χ1) is 14.7. The molecule has 1 N–H and O–H groups in total. The first kappa shape index (κ1) is 20.3. The van der Waals surface area contributed by atoms with Crippen LogP contribution in [0.2, 0.25) is 0 Å². The Bertz CT molecular complexity index is 1060. The number of pyridine rings is 1. The molecule has 1 fully saturated rings. The fourth-order valence-corrected chi connectivity index (χ4v) is 4.16. The maximum atomic E-state index is 12.7.